The predicted molar refractivity (Wildman–Crippen MR) is 88.1 cm³/mol. The lowest BCUT2D eigenvalue weighted by molar-refractivity contribution is 0.431. The molecule has 2 aromatic carbocycles. The normalized spacial score (nSPS) is 12.9. The minimum atomic E-state index is -4.61. The van der Waals surface area contributed by atoms with E-state index in [1.54, 1.807) is 13.2 Å². The van der Waals surface area contributed by atoms with Crippen LogP contribution < -0.4 is 4.72 Å². The molecule has 0 radical (unpaired) electrons. The summed E-state index contributed by atoms with van der Waals surface area (Å²) in [6, 6.07) is 4.92. The highest BCUT2D eigenvalue weighted by atomic mass is 32.2. The zero-order valence-corrected chi connectivity index (χ0v) is 14.6. The van der Waals surface area contributed by atoms with Gasteiger partial charge in [-0.2, -0.15) is 4.72 Å². The molecule has 1 atom stereocenters. The average Bonchev–Trinajstić information content (AvgIpc) is 3.04. The van der Waals surface area contributed by atoms with Crippen molar-refractivity contribution < 1.29 is 26.0 Å². The van der Waals surface area contributed by atoms with Gasteiger partial charge in [-0.1, -0.05) is 12.1 Å². The second kappa shape index (κ2) is 7.12. The van der Waals surface area contributed by atoms with Crippen molar-refractivity contribution in [2.45, 2.75) is 10.9 Å². The van der Waals surface area contributed by atoms with E-state index < -0.39 is 44.2 Å². The summed E-state index contributed by atoms with van der Waals surface area (Å²) in [6.07, 6.45) is 2.97. The fourth-order valence-electron chi connectivity index (χ4n) is 2.51. The maximum Gasteiger partial charge on any atom is 0.244 e. The molecule has 0 fully saturated rings. The van der Waals surface area contributed by atoms with Crippen LogP contribution in [0.4, 0.5) is 17.6 Å². The smallest absolute Gasteiger partial charge is 0.244 e. The highest BCUT2D eigenvalue weighted by Gasteiger charge is 2.29. The van der Waals surface area contributed by atoms with Crippen LogP contribution in [0.25, 0.3) is 0 Å². The Hall–Kier alpha value is -2.72. The Balaban J connectivity index is 2.08. The van der Waals surface area contributed by atoms with E-state index in [-0.39, 0.29) is 5.82 Å². The molecule has 27 heavy (non-hydrogen) atoms. The van der Waals surface area contributed by atoms with Crippen molar-refractivity contribution in [1.82, 2.24) is 14.3 Å². The Bertz CT molecular complexity index is 1080. The average molecular weight is 399 g/mol. The van der Waals surface area contributed by atoms with E-state index in [0.29, 0.717) is 17.7 Å². The molecule has 0 bridgehead atoms. The fraction of sp³-hybridized carbons (Fsp3) is 0.118. The van der Waals surface area contributed by atoms with Crippen LogP contribution >= 0.6 is 0 Å². The van der Waals surface area contributed by atoms with Crippen molar-refractivity contribution in [3.63, 3.8) is 0 Å². The fourth-order valence-corrected chi connectivity index (χ4v) is 3.77. The summed E-state index contributed by atoms with van der Waals surface area (Å²) in [5.41, 5.74) is 0.317. The summed E-state index contributed by atoms with van der Waals surface area (Å²) in [5, 5.41) is 0. The second-order valence-electron chi connectivity index (χ2n) is 5.68. The van der Waals surface area contributed by atoms with Crippen LogP contribution in [0.3, 0.4) is 0 Å². The second-order valence-corrected chi connectivity index (χ2v) is 7.36. The number of nitrogens with one attached hydrogen (secondary N) is 1. The predicted octanol–water partition coefficient (Wildman–Crippen LogP) is 3.04. The summed E-state index contributed by atoms with van der Waals surface area (Å²) in [5.74, 6) is -5.54. The summed E-state index contributed by atoms with van der Waals surface area (Å²) in [6.45, 7) is 0. The number of benzene rings is 2. The van der Waals surface area contributed by atoms with Gasteiger partial charge in [0.25, 0.3) is 0 Å². The van der Waals surface area contributed by atoms with Crippen LogP contribution in [0.1, 0.15) is 17.4 Å². The van der Waals surface area contributed by atoms with Gasteiger partial charge in [-0.25, -0.2) is 31.0 Å². The molecule has 0 aliphatic rings. The van der Waals surface area contributed by atoms with Gasteiger partial charge in [-0.05, 0) is 29.8 Å². The van der Waals surface area contributed by atoms with Crippen LogP contribution in [0.2, 0.25) is 0 Å². The highest BCUT2D eigenvalue weighted by Crippen LogP contribution is 2.26. The third-order valence-electron chi connectivity index (χ3n) is 3.88. The number of aromatic nitrogens is 2. The van der Waals surface area contributed by atoms with Crippen LogP contribution in [-0.2, 0) is 17.1 Å². The van der Waals surface area contributed by atoms with Gasteiger partial charge in [-0.15, -0.1) is 0 Å². The van der Waals surface area contributed by atoms with Crippen molar-refractivity contribution in [1.29, 1.82) is 0 Å². The molecular weight excluding hydrogens is 386 g/mol. The third kappa shape index (κ3) is 3.71. The van der Waals surface area contributed by atoms with E-state index in [9.17, 15) is 26.0 Å². The third-order valence-corrected chi connectivity index (χ3v) is 5.32. The molecule has 5 nitrogen and oxygen atoms in total. The van der Waals surface area contributed by atoms with Gasteiger partial charge in [-0.3, -0.25) is 0 Å². The first-order valence-electron chi connectivity index (χ1n) is 7.59. The van der Waals surface area contributed by atoms with E-state index in [1.807, 2.05) is 0 Å². The molecule has 0 aliphatic heterocycles. The number of imidazole rings is 1. The summed E-state index contributed by atoms with van der Waals surface area (Å²) >= 11 is 0. The first-order valence-corrected chi connectivity index (χ1v) is 9.07. The highest BCUT2D eigenvalue weighted by molar-refractivity contribution is 7.89. The molecule has 0 spiro atoms. The van der Waals surface area contributed by atoms with Gasteiger partial charge in [0.1, 0.15) is 22.6 Å². The Morgan fingerprint density at radius 1 is 1.00 bits per heavy atom. The van der Waals surface area contributed by atoms with Crippen molar-refractivity contribution in [3.8, 4) is 0 Å². The van der Waals surface area contributed by atoms with Gasteiger partial charge < -0.3 is 4.57 Å². The number of nitrogens with zero attached hydrogens (tertiary/aromatic N) is 2. The number of halogens is 4. The lowest BCUT2D eigenvalue weighted by Crippen LogP contribution is -2.32. The number of hydrogen-bond donors (Lipinski definition) is 1. The van der Waals surface area contributed by atoms with Crippen LogP contribution in [0.5, 0.6) is 0 Å². The number of rotatable bonds is 5. The van der Waals surface area contributed by atoms with Crippen LogP contribution in [0.15, 0.2) is 53.7 Å². The minimum Gasteiger partial charge on any atom is -0.336 e. The largest absolute Gasteiger partial charge is 0.336 e. The van der Waals surface area contributed by atoms with E-state index in [1.165, 1.54) is 22.9 Å². The molecule has 1 N–H and O–H groups in total. The lowest BCUT2D eigenvalue weighted by Gasteiger charge is -2.19. The van der Waals surface area contributed by atoms with Crippen LogP contribution in [0, 0.1) is 23.3 Å². The topological polar surface area (TPSA) is 64.0 Å². The van der Waals surface area contributed by atoms with E-state index in [0.717, 1.165) is 12.1 Å². The molecule has 10 heteroatoms. The molecule has 3 rings (SSSR count). The van der Waals surface area contributed by atoms with Crippen molar-refractivity contribution in [3.05, 3.63) is 83.4 Å². The number of aryl methyl sites for hydroxylation is 1. The molecule has 0 saturated carbocycles. The molecule has 1 heterocycles. The molecule has 0 aliphatic carbocycles. The zero-order chi connectivity index (χ0) is 19.8. The van der Waals surface area contributed by atoms with E-state index >= 15 is 0 Å². The monoisotopic (exact) mass is 399 g/mol. The van der Waals surface area contributed by atoms with E-state index in [2.05, 4.69) is 9.71 Å². The van der Waals surface area contributed by atoms with Crippen LogP contribution in [-0.4, -0.2) is 18.0 Å². The lowest BCUT2D eigenvalue weighted by atomic mass is 10.1. The Kier molecular flexibility index (Phi) is 5.03. The van der Waals surface area contributed by atoms with Gasteiger partial charge >= 0.3 is 0 Å². The van der Waals surface area contributed by atoms with Crippen molar-refractivity contribution >= 4 is 10.0 Å². The molecular formula is C17H13F4N3O2S. The van der Waals surface area contributed by atoms with Crippen molar-refractivity contribution in [2.24, 2.45) is 7.05 Å². The molecule has 3 aromatic rings. The SMILES string of the molecule is Cn1ccnc1C(NS(=O)(=O)c1ccc(F)c(F)c1F)c1ccc(F)cc1. The minimum absolute atomic E-state index is 0.230. The Morgan fingerprint density at radius 3 is 2.26 bits per heavy atom. The molecule has 1 aromatic heterocycles. The Labute approximate surface area is 152 Å². The van der Waals surface area contributed by atoms with Gasteiger partial charge in [0.05, 0.1) is 0 Å². The standard InChI is InChI=1S/C17H13F4N3O2S/c1-24-9-8-22-17(24)16(10-2-4-11(18)5-3-10)23-27(25,26)13-7-6-12(19)14(20)15(13)21/h2-9,16,23H,1H3. The Morgan fingerprint density at radius 2 is 1.67 bits per heavy atom. The summed E-state index contributed by atoms with van der Waals surface area (Å²) in [7, 11) is -3.01. The first kappa shape index (κ1) is 19.1. The molecule has 1 unspecified atom stereocenters. The number of sulfonamides is 1. The van der Waals surface area contributed by atoms with E-state index in [4.69, 9.17) is 0 Å². The van der Waals surface area contributed by atoms with Gasteiger partial charge in [0.2, 0.25) is 10.0 Å². The first-order chi connectivity index (χ1) is 12.7. The zero-order valence-electron chi connectivity index (χ0n) is 13.8. The maximum atomic E-state index is 14.0. The van der Waals surface area contributed by atoms with Gasteiger partial charge in [0, 0.05) is 19.4 Å². The molecule has 142 valence electrons. The molecule has 0 amide bonds. The summed E-state index contributed by atoms with van der Waals surface area (Å²) < 4.78 is 82.7. The van der Waals surface area contributed by atoms with Gasteiger partial charge in [0.15, 0.2) is 17.5 Å². The summed E-state index contributed by atoms with van der Waals surface area (Å²) in [4.78, 5) is 3.01. The maximum absolute atomic E-state index is 14.0. The molecule has 0 saturated heterocycles. The quantitative estimate of drug-likeness (QED) is 0.530. The number of hydrogen-bond acceptors (Lipinski definition) is 3. The van der Waals surface area contributed by atoms with Crippen molar-refractivity contribution in [2.75, 3.05) is 0 Å².